The third kappa shape index (κ3) is 4.31. The maximum Gasteiger partial charge on any atom is 0.308 e. The van der Waals surface area contributed by atoms with E-state index in [1.54, 1.807) is 36.4 Å². The zero-order chi connectivity index (χ0) is 26.6. The number of nitrogens with zero attached hydrogens (tertiary/aromatic N) is 2. The lowest BCUT2D eigenvalue weighted by Gasteiger charge is -2.29. The number of imide groups is 1. The van der Waals surface area contributed by atoms with Gasteiger partial charge in [0.15, 0.2) is 0 Å². The number of anilines is 2. The highest BCUT2D eigenvalue weighted by molar-refractivity contribution is 8.00. The van der Waals surface area contributed by atoms with Crippen LogP contribution in [0.15, 0.2) is 75.9 Å². The molecule has 1 saturated heterocycles. The Balaban J connectivity index is 1.38. The first kappa shape index (κ1) is 25.1. The second-order valence-electron chi connectivity index (χ2n) is 9.08. The van der Waals surface area contributed by atoms with Gasteiger partial charge in [-0.25, -0.2) is 4.90 Å². The van der Waals surface area contributed by atoms with Crippen molar-refractivity contribution in [3.8, 4) is 0 Å². The van der Waals surface area contributed by atoms with Gasteiger partial charge in [-0.3, -0.25) is 23.7 Å². The van der Waals surface area contributed by atoms with Crippen molar-refractivity contribution < 1.29 is 14.4 Å². The number of carbonyl (C=O) groups is 3. The molecule has 0 unspecified atom stereocenters. The lowest BCUT2D eigenvalue weighted by atomic mass is 9.87. The zero-order valence-electron chi connectivity index (χ0n) is 19.9. The summed E-state index contributed by atoms with van der Waals surface area (Å²) in [5.74, 6) is -2.10. The van der Waals surface area contributed by atoms with Gasteiger partial charge in [-0.1, -0.05) is 58.5 Å². The third-order valence-electron chi connectivity index (χ3n) is 6.62. The zero-order valence-corrected chi connectivity index (χ0v) is 23.1. The van der Waals surface area contributed by atoms with Crippen molar-refractivity contribution in [3.63, 3.8) is 0 Å². The maximum absolute atomic E-state index is 13.8. The molecular formula is C27H20ClN3O4S3. The van der Waals surface area contributed by atoms with Crippen molar-refractivity contribution in [2.75, 3.05) is 10.2 Å². The molecule has 4 heterocycles. The van der Waals surface area contributed by atoms with Crippen LogP contribution in [-0.2, 0) is 20.9 Å². The summed E-state index contributed by atoms with van der Waals surface area (Å²) in [7, 11) is 0. The van der Waals surface area contributed by atoms with Crippen LogP contribution in [-0.4, -0.2) is 27.5 Å². The Bertz CT molecular complexity index is 1610. The number of hydrogen-bond donors (Lipinski definition) is 1. The van der Waals surface area contributed by atoms with Crippen molar-refractivity contribution in [2.45, 2.75) is 29.7 Å². The molecule has 3 amide bonds. The van der Waals surface area contributed by atoms with Crippen LogP contribution in [0, 0.1) is 12.8 Å². The fourth-order valence-electron chi connectivity index (χ4n) is 4.86. The summed E-state index contributed by atoms with van der Waals surface area (Å²) in [6.07, 6.45) is 0. The van der Waals surface area contributed by atoms with E-state index < -0.39 is 17.1 Å². The summed E-state index contributed by atoms with van der Waals surface area (Å²) in [6, 6.07) is 17.8. The van der Waals surface area contributed by atoms with Gasteiger partial charge in [-0.05, 0) is 54.8 Å². The minimum Gasteiger partial charge on any atom is -0.325 e. The predicted molar refractivity (Wildman–Crippen MR) is 152 cm³/mol. The molecule has 2 aliphatic heterocycles. The maximum atomic E-state index is 13.8. The highest BCUT2D eigenvalue weighted by Gasteiger charge is 2.57. The molecule has 0 saturated carbocycles. The molecule has 2 aromatic carbocycles. The average Bonchev–Trinajstić information content (AvgIpc) is 3.59. The number of halogens is 1. The molecule has 192 valence electrons. The number of thioether (sulfide) groups is 1. The van der Waals surface area contributed by atoms with E-state index in [1.165, 1.54) is 32.6 Å². The van der Waals surface area contributed by atoms with Gasteiger partial charge >= 0.3 is 4.87 Å². The van der Waals surface area contributed by atoms with Crippen molar-refractivity contribution in [2.24, 2.45) is 5.92 Å². The molecule has 3 atom stereocenters. The molecule has 0 radical (unpaired) electrons. The summed E-state index contributed by atoms with van der Waals surface area (Å²) in [5, 5.41) is 5.10. The van der Waals surface area contributed by atoms with Crippen LogP contribution < -0.4 is 15.1 Å². The molecule has 11 heteroatoms. The van der Waals surface area contributed by atoms with Gasteiger partial charge < -0.3 is 5.32 Å². The van der Waals surface area contributed by atoms with Crippen molar-refractivity contribution in [1.29, 1.82) is 0 Å². The molecule has 7 nitrogen and oxygen atoms in total. The Morgan fingerprint density at radius 3 is 2.42 bits per heavy atom. The molecule has 2 aliphatic rings. The lowest BCUT2D eigenvalue weighted by molar-refractivity contribution is -0.122. The number of thiazole rings is 1. The minimum absolute atomic E-state index is 0.191. The number of nitrogens with one attached hydrogen (secondary N) is 1. The van der Waals surface area contributed by atoms with Gasteiger partial charge in [0.05, 0.1) is 16.6 Å². The first-order chi connectivity index (χ1) is 18.3. The average molecular weight is 582 g/mol. The fourth-order valence-corrected chi connectivity index (χ4v) is 8.70. The van der Waals surface area contributed by atoms with Gasteiger partial charge in [0.25, 0.3) is 0 Å². The highest BCUT2D eigenvalue weighted by Crippen LogP contribution is 2.54. The van der Waals surface area contributed by atoms with E-state index in [-0.39, 0.29) is 29.1 Å². The Hall–Kier alpha value is -3.18. The van der Waals surface area contributed by atoms with Gasteiger partial charge in [-0.2, -0.15) is 0 Å². The second-order valence-corrected chi connectivity index (χ2v) is 12.6. The number of rotatable bonds is 5. The highest BCUT2D eigenvalue weighted by atomic mass is 35.5. The van der Waals surface area contributed by atoms with E-state index in [9.17, 15) is 19.2 Å². The van der Waals surface area contributed by atoms with E-state index >= 15 is 0 Å². The topological polar surface area (TPSA) is 88.5 Å². The quantitative estimate of drug-likeness (QED) is 0.320. The largest absolute Gasteiger partial charge is 0.325 e. The van der Waals surface area contributed by atoms with Crippen LogP contribution in [0.5, 0.6) is 0 Å². The van der Waals surface area contributed by atoms with Gasteiger partial charge in [0.1, 0.15) is 11.8 Å². The molecule has 4 aromatic rings. The summed E-state index contributed by atoms with van der Waals surface area (Å²) in [6.45, 7) is 1.77. The van der Waals surface area contributed by atoms with Crippen LogP contribution in [0.25, 0.3) is 0 Å². The number of thiophene rings is 1. The standard InChI is InChI=1S/C27H20ClN3O4S3/c1-14-4-8-16(9-5-14)29-19(32)13-30-26-23(38-27(30)35)20(18-3-2-12-36-18)21-22(37-26)25(34)31(24(21)33)17-10-6-15(28)7-11-17/h2-12,20-22H,13H2,1H3,(H,29,32)/t20-,21-,22+/m0/s1. The SMILES string of the molecule is Cc1ccc(NC(=O)Cn2c3c(sc2=O)[C@@H](c2cccs2)[C@@H]2C(=O)N(c4ccc(Cl)cc4)C(=O)[C@@H]2S3)cc1. The van der Waals surface area contributed by atoms with Crippen molar-refractivity contribution in [1.82, 2.24) is 4.57 Å². The number of carbonyl (C=O) groups excluding carboxylic acids is 3. The van der Waals surface area contributed by atoms with Gasteiger partial charge in [-0.15, -0.1) is 11.3 Å². The number of aromatic nitrogens is 1. The van der Waals surface area contributed by atoms with E-state index in [1.807, 2.05) is 36.6 Å². The number of hydrogen-bond acceptors (Lipinski definition) is 7. The Kier molecular flexibility index (Phi) is 6.51. The van der Waals surface area contributed by atoms with E-state index in [0.29, 0.717) is 26.3 Å². The molecule has 0 bridgehead atoms. The van der Waals surface area contributed by atoms with Crippen molar-refractivity contribution in [3.05, 3.63) is 96.1 Å². The minimum atomic E-state index is -0.724. The van der Waals surface area contributed by atoms with E-state index in [2.05, 4.69) is 5.32 Å². The fraction of sp³-hybridized carbons (Fsp3) is 0.185. The second kappa shape index (κ2) is 9.85. The van der Waals surface area contributed by atoms with Crippen LogP contribution >= 0.6 is 46.0 Å². The molecule has 0 aliphatic carbocycles. The predicted octanol–water partition coefficient (Wildman–Crippen LogP) is 5.37. The molecule has 0 spiro atoms. The summed E-state index contributed by atoms with van der Waals surface area (Å²) in [4.78, 5) is 56.0. The number of benzene rings is 2. The smallest absolute Gasteiger partial charge is 0.308 e. The van der Waals surface area contributed by atoms with Crippen LogP contribution in [0.4, 0.5) is 11.4 Å². The summed E-state index contributed by atoms with van der Waals surface area (Å²) >= 11 is 9.75. The van der Waals surface area contributed by atoms with Crippen LogP contribution in [0.1, 0.15) is 21.2 Å². The molecule has 1 fully saturated rings. The van der Waals surface area contributed by atoms with Crippen LogP contribution in [0.3, 0.4) is 0 Å². The lowest BCUT2D eigenvalue weighted by Crippen LogP contribution is -2.32. The third-order valence-corrected chi connectivity index (χ3v) is 10.4. The molecular weight excluding hydrogens is 562 g/mol. The van der Waals surface area contributed by atoms with Crippen molar-refractivity contribution >= 4 is 75.1 Å². The Labute approximate surface area is 235 Å². The van der Waals surface area contributed by atoms with Gasteiger partial charge in [0.2, 0.25) is 17.7 Å². The number of aryl methyl sites for hydroxylation is 1. The number of amides is 3. The molecule has 6 rings (SSSR count). The molecule has 2 aromatic heterocycles. The Morgan fingerprint density at radius 2 is 1.74 bits per heavy atom. The first-order valence-corrected chi connectivity index (χ1v) is 14.7. The monoisotopic (exact) mass is 581 g/mol. The normalized spacial score (nSPS) is 20.4. The summed E-state index contributed by atoms with van der Waals surface area (Å²) < 4.78 is 1.42. The number of fused-ring (bicyclic) bond motifs is 2. The van der Waals surface area contributed by atoms with Crippen LogP contribution in [0.2, 0.25) is 5.02 Å². The first-order valence-electron chi connectivity index (χ1n) is 11.8. The Morgan fingerprint density at radius 1 is 1.00 bits per heavy atom. The summed E-state index contributed by atoms with van der Waals surface area (Å²) in [5.41, 5.74) is 2.17. The molecule has 1 N–H and O–H groups in total. The van der Waals surface area contributed by atoms with E-state index in [0.717, 1.165) is 21.8 Å². The van der Waals surface area contributed by atoms with Gasteiger partial charge in [0, 0.05) is 26.4 Å². The van der Waals surface area contributed by atoms with E-state index in [4.69, 9.17) is 11.6 Å². The molecule has 38 heavy (non-hydrogen) atoms.